The van der Waals surface area contributed by atoms with Gasteiger partial charge >= 0.3 is 5.97 Å². The summed E-state index contributed by atoms with van der Waals surface area (Å²) in [5.41, 5.74) is 0. The smallest absolute Gasteiger partial charge is 0.307 e. The van der Waals surface area contributed by atoms with Crippen molar-refractivity contribution >= 4 is 39.4 Å². The van der Waals surface area contributed by atoms with E-state index >= 15 is 0 Å². The molecule has 11 heteroatoms. The third kappa shape index (κ3) is 7.38. The SMILES string of the molecule is CN(C)C(=O)CNC(=O)COC(=O)CCNS(=O)(=O)c1ccccc1Cl. The summed E-state index contributed by atoms with van der Waals surface area (Å²) in [6, 6.07) is 5.89. The first-order valence-corrected chi connectivity index (χ1v) is 9.36. The predicted molar refractivity (Wildman–Crippen MR) is 93.9 cm³/mol. The minimum atomic E-state index is -3.86. The van der Waals surface area contributed by atoms with Crippen LogP contribution in [0.5, 0.6) is 0 Å². The Labute approximate surface area is 156 Å². The number of esters is 1. The number of nitrogens with one attached hydrogen (secondary N) is 2. The number of ether oxygens (including phenoxy) is 1. The first-order chi connectivity index (χ1) is 12.1. The number of amides is 2. The van der Waals surface area contributed by atoms with Crippen LogP contribution in [0.1, 0.15) is 6.42 Å². The van der Waals surface area contributed by atoms with Crippen molar-refractivity contribution in [3.8, 4) is 0 Å². The van der Waals surface area contributed by atoms with E-state index in [1.165, 1.54) is 37.2 Å². The Bertz CT molecular complexity index is 766. The highest BCUT2D eigenvalue weighted by Crippen LogP contribution is 2.19. The lowest BCUT2D eigenvalue weighted by atomic mass is 10.4. The third-order valence-corrected chi connectivity index (χ3v) is 5.01. The zero-order valence-electron chi connectivity index (χ0n) is 14.3. The molecule has 2 N–H and O–H groups in total. The van der Waals surface area contributed by atoms with Crippen LogP contribution < -0.4 is 10.0 Å². The molecule has 0 aliphatic heterocycles. The summed E-state index contributed by atoms with van der Waals surface area (Å²) in [7, 11) is -0.776. The molecule has 0 heterocycles. The van der Waals surface area contributed by atoms with Gasteiger partial charge in [0.2, 0.25) is 15.9 Å². The standard InChI is InChI=1S/C15H20ClN3O6S/c1-19(2)14(21)9-17-13(20)10-25-15(22)7-8-18-26(23,24)12-6-4-3-5-11(12)16/h3-6,18H,7-10H2,1-2H3,(H,17,20). The van der Waals surface area contributed by atoms with Crippen LogP contribution in [-0.4, -0.2) is 64.9 Å². The van der Waals surface area contributed by atoms with E-state index < -0.39 is 28.5 Å². The second-order valence-corrected chi connectivity index (χ2v) is 7.45. The van der Waals surface area contributed by atoms with Gasteiger partial charge in [-0.3, -0.25) is 14.4 Å². The van der Waals surface area contributed by atoms with Crippen LogP contribution in [-0.2, 0) is 29.1 Å². The highest BCUT2D eigenvalue weighted by Gasteiger charge is 2.17. The van der Waals surface area contributed by atoms with Crippen LogP contribution in [0, 0.1) is 0 Å². The molecule has 144 valence electrons. The number of benzene rings is 1. The van der Waals surface area contributed by atoms with Crippen LogP contribution >= 0.6 is 11.6 Å². The molecule has 9 nitrogen and oxygen atoms in total. The normalized spacial score (nSPS) is 10.9. The van der Waals surface area contributed by atoms with Gasteiger partial charge in [0, 0.05) is 20.6 Å². The van der Waals surface area contributed by atoms with Gasteiger partial charge in [-0.15, -0.1) is 0 Å². The fraction of sp³-hybridized carbons (Fsp3) is 0.400. The molecule has 0 radical (unpaired) electrons. The number of hydrogen-bond acceptors (Lipinski definition) is 6. The summed E-state index contributed by atoms with van der Waals surface area (Å²) in [4.78, 5) is 35.5. The van der Waals surface area contributed by atoms with Crippen molar-refractivity contribution in [2.75, 3.05) is 33.8 Å². The monoisotopic (exact) mass is 405 g/mol. The van der Waals surface area contributed by atoms with Crippen molar-refractivity contribution in [3.05, 3.63) is 29.3 Å². The Morgan fingerprint density at radius 2 is 1.85 bits per heavy atom. The van der Waals surface area contributed by atoms with E-state index in [0.717, 1.165) is 0 Å². The molecule has 2 amide bonds. The Kier molecular flexibility index (Phi) is 8.49. The van der Waals surface area contributed by atoms with Gasteiger partial charge in [-0.25, -0.2) is 13.1 Å². The number of hydrogen-bond donors (Lipinski definition) is 2. The van der Waals surface area contributed by atoms with Crippen molar-refractivity contribution in [2.24, 2.45) is 0 Å². The van der Waals surface area contributed by atoms with Crippen LogP contribution in [0.4, 0.5) is 0 Å². The van der Waals surface area contributed by atoms with Crippen LogP contribution in [0.25, 0.3) is 0 Å². The quantitative estimate of drug-likeness (QED) is 0.546. The molecule has 26 heavy (non-hydrogen) atoms. The first-order valence-electron chi connectivity index (χ1n) is 7.50. The third-order valence-electron chi connectivity index (χ3n) is 3.05. The number of likely N-dealkylation sites (N-methyl/N-ethyl adjacent to an activating group) is 1. The molecule has 0 atom stereocenters. The molecule has 0 bridgehead atoms. The lowest BCUT2D eigenvalue weighted by molar-refractivity contribution is -0.148. The van der Waals surface area contributed by atoms with Crippen molar-refractivity contribution in [3.63, 3.8) is 0 Å². The number of sulfonamides is 1. The second-order valence-electron chi connectivity index (χ2n) is 5.30. The van der Waals surface area contributed by atoms with Gasteiger partial charge in [-0.1, -0.05) is 23.7 Å². The summed E-state index contributed by atoms with van der Waals surface area (Å²) < 4.78 is 31.0. The number of carbonyl (C=O) groups excluding carboxylic acids is 3. The largest absolute Gasteiger partial charge is 0.456 e. The maximum absolute atomic E-state index is 12.1. The van der Waals surface area contributed by atoms with Gasteiger partial charge in [0.25, 0.3) is 5.91 Å². The van der Waals surface area contributed by atoms with Crippen LogP contribution in [0.2, 0.25) is 5.02 Å². The molecule has 0 saturated heterocycles. The van der Waals surface area contributed by atoms with Crippen molar-refractivity contribution < 1.29 is 27.5 Å². The van der Waals surface area contributed by atoms with Gasteiger partial charge in [0.05, 0.1) is 18.0 Å². The molecule has 1 aromatic carbocycles. The Balaban J connectivity index is 2.33. The second kappa shape index (κ2) is 10.1. The molecule has 1 aromatic rings. The Morgan fingerprint density at radius 3 is 2.46 bits per heavy atom. The highest BCUT2D eigenvalue weighted by atomic mass is 35.5. The summed E-state index contributed by atoms with van der Waals surface area (Å²) in [5, 5.41) is 2.36. The molecular weight excluding hydrogens is 386 g/mol. The van der Waals surface area contributed by atoms with E-state index in [0.29, 0.717) is 0 Å². The fourth-order valence-corrected chi connectivity index (χ4v) is 3.18. The van der Waals surface area contributed by atoms with E-state index in [1.807, 2.05) is 0 Å². The number of nitrogens with zero attached hydrogens (tertiary/aromatic N) is 1. The summed E-state index contributed by atoms with van der Waals surface area (Å²) in [5.74, 6) is -1.70. The maximum atomic E-state index is 12.1. The number of carbonyl (C=O) groups is 3. The minimum Gasteiger partial charge on any atom is -0.456 e. The topological polar surface area (TPSA) is 122 Å². The van der Waals surface area contributed by atoms with Crippen molar-refractivity contribution in [2.45, 2.75) is 11.3 Å². The van der Waals surface area contributed by atoms with Gasteiger partial charge in [-0.2, -0.15) is 0 Å². The molecule has 0 unspecified atom stereocenters. The van der Waals surface area contributed by atoms with Gasteiger partial charge in [0.1, 0.15) is 4.90 Å². The zero-order chi connectivity index (χ0) is 19.7. The lowest BCUT2D eigenvalue weighted by Crippen LogP contribution is -2.38. The van der Waals surface area contributed by atoms with E-state index in [2.05, 4.69) is 10.0 Å². The highest BCUT2D eigenvalue weighted by molar-refractivity contribution is 7.89. The number of rotatable bonds is 9. The van der Waals surface area contributed by atoms with Crippen molar-refractivity contribution in [1.29, 1.82) is 0 Å². The molecular formula is C15H20ClN3O6S. The van der Waals surface area contributed by atoms with Gasteiger partial charge in [-0.05, 0) is 12.1 Å². The molecule has 0 spiro atoms. The van der Waals surface area contributed by atoms with Crippen LogP contribution in [0.15, 0.2) is 29.2 Å². The molecule has 0 aromatic heterocycles. The summed E-state index contributed by atoms with van der Waals surface area (Å²) in [6.07, 6.45) is -0.270. The van der Waals surface area contributed by atoms with E-state index in [1.54, 1.807) is 6.07 Å². The minimum absolute atomic E-state index is 0.0616. The molecule has 0 fully saturated rings. The van der Waals surface area contributed by atoms with Gasteiger partial charge in [0.15, 0.2) is 6.61 Å². The molecule has 0 saturated carbocycles. The van der Waals surface area contributed by atoms with Gasteiger partial charge < -0.3 is 15.0 Å². The summed E-state index contributed by atoms with van der Waals surface area (Å²) >= 11 is 5.82. The lowest BCUT2D eigenvalue weighted by Gasteiger charge is -2.11. The summed E-state index contributed by atoms with van der Waals surface area (Å²) in [6.45, 7) is -0.981. The van der Waals surface area contributed by atoms with Crippen LogP contribution in [0.3, 0.4) is 0 Å². The average Bonchev–Trinajstić information content (AvgIpc) is 2.57. The maximum Gasteiger partial charge on any atom is 0.307 e. The fourth-order valence-electron chi connectivity index (χ4n) is 1.63. The number of halogens is 1. The first kappa shape index (κ1) is 21.9. The Hall–Kier alpha value is -2.17. The molecule has 0 aliphatic carbocycles. The van der Waals surface area contributed by atoms with E-state index in [-0.39, 0.29) is 35.3 Å². The van der Waals surface area contributed by atoms with Crippen molar-refractivity contribution in [1.82, 2.24) is 14.9 Å². The zero-order valence-corrected chi connectivity index (χ0v) is 15.9. The van der Waals surface area contributed by atoms with E-state index in [4.69, 9.17) is 16.3 Å². The predicted octanol–water partition coefficient (Wildman–Crippen LogP) is -0.244. The molecule has 0 aliphatic rings. The van der Waals surface area contributed by atoms with E-state index in [9.17, 15) is 22.8 Å². The molecule has 1 rings (SSSR count). The average molecular weight is 406 g/mol. The Morgan fingerprint density at radius 1 is 1.19 bits per heavy atom.